The van der Waals surface area contributed by atoms with Crippen molar-refractivity contribution in [3.8, 4) is 5.75 Å². The van der Waals surface area contributed by atoms with Crippen molar-refractivity contribution in [2.45, 2.75) is 44.8 Å². The number of benzene rings is 2. The van der Waals surface area contributed by atoms with Gasteiger partial charge in [-0.1, -0.05) is 55.8 Å². The highest BCUT2D eigenvalue weighted by Gasteiger charge is 2.39. The van der Waals surface area contributed by atoms with Gasteiger partial charge in [0.1, 0.15) is 11.4 Å². The zero-order valence-electron chi connectivity index (χ0n) is 14.0. The first-order chi connectivity index (χ1) is 11.6. The van der Waals surface area contributed by atoms with Crippen LogP contribution in [0.25, 0.3) is 0 Å². The monoisotopic (exact) mass is 343 g/mol. The van der Waals surface area contributed by atoms with E-state index in [1.807, 2.05) is 36.4 Å². The first-order valence-electron chi connectivity index (χ1n) is 8.42. The van der Waals surface area contributed by atoms with E-state index < -0.39 is 0 Å². The van der Waals surface area contributed by atoms with Gasteiger partial charge in [-0.05, 0) is 31.0 Å². The average molecular weight is 344 g/mol. The van der Waals surface area contributed by atoms with Gasteiger partial charge in [-0.25, -0.2) is 0 Å². The number of carbonyl (C=O) groups excluding carboxylic acids is 1. The molecule has 1 N–H and O–H groups in total. The van der Waals surface area contributed by atoms with Crippen LogP contribution in [0.4, 0.5) is 0 Å². The van der Waals surface area contributed by atoms with E-state index in [0.29, 0.717) is 10.6 Å². The summed E-state index contributed by atoms with van der Waals surface area (Å²) in [6.45, 7) is 4.26. The lowest BCUT2D eigenvalue weighted by molar-refractivity contribution is 0.0227. The van der Waals surface area contributed by atoms with Crippen molar-refractivity contribution in [3.05, 3.63) is 64.7 Å². The SMILES string of the molecule is CCC1(CC)CC(NC(=O)c2ccccc2Cl)c2ccccc2O1. The molecule has 0 bridgehead atoms. The summed E-state index contributed by atoms with van der Waals surface area (Å²) in [5.41, 5.74) is 1.28. The van der Waals surface area contributed by atoms with Gasteiger partial charge in [-0.3, -0.25) is 4.79 Å². The Balaban J connectivity index is 1.91. The van der Waals surface area contributed by atoms with Crippen molar-refractivity contribution >= 4 is 17.5 Å². The van der Waals surface area contributed by atoms with Gasteiger partial charge in [-0.2, -0.15) is 0 Å². The van der Waals surface area contributed by atoms with Crippen molar-refractivity contribution in [2.75, 3.05) is 0 Å². The first kappa shape index (κ1) is 16.8. The smallest absolute Gasteiger partial charge is 0.253 e. The Kier molecular flexibility index (Phi) is 4.81. The first-order valence-corrected chi connectivity index (χ1v) is 8.79. The van der Waals surface area contributed by atoms with Gasteiger partial charge in [0.15, 0.2) is 0 Å². The second kappa shape index (κ2) is 6.86. The standard InChI is InChI=1S/C20H22ClNO2/c1-3-20(4-2)13-17(15-10-6-8-12-18(15)24-20)22-19(23)14-9-5-7-11-16(14)21/h5-12,17H,3-4,13H2,1-2H3,(H,22,23). The predicted octanol–water partition coefficient (Wildman–Crippen LogP) is 5.15. The van der Waals surface area contributed by atoms with Crippen molar-refractivity contribution in [2.24, 2.45) is 0 Å². The highest BCUT2D eigenvalue weighted by Crippen LogP contribution is 2.42. The molecule has 1 atom stereocenters. The molecule has 0 spiro atoms. The Morgan fingerprint density at radius 3 is 2.54 bits per heavy atom. The Labute approximate surface area is 148 Å². The Bertz CT molecular complexity index is 740. The van der Waals surface area contributed by atoms with E-state index in [-0.39, 0.29) is 17.6 Å². The molecular formula is C20H22ClNO2. The molecule has 1 aliphatic rings. The summed E-state index contributed by atoms with van der Waals surface area (Å²) in [6, 6.07) is 15.0. The van der Waals surface area contributed by atoms with Gasteiger partial charge >= 0.3 is 0 Å². The average Bonchev–Trinajstić information content (AvgIpc) is 2.61. The molecule has 3 nitrogen and oxygen atoms in total. The predicted molar refractivity (Wildman–Crippen MR) is 96.7 cm³/mol. The molecular weight excluding hydrogens is 322 g/mol. The number of amides is 1. The van der Waals surface area contributed by atoms with Crippen LogP contribution in [0.2, 0.25) is 5.02 Å². The molecule has 0 aromatic heterocycles. The van der Waals surface area contributed by atoms with Crippen LogP contribution in [0.15, 0.2) is 48.5 Å². The fourth-order valence-electron chi connectivity index (χ4n) is 3.31. The maximum Gasteiger partial charge on any atom is 0.253 e. The number of hydrogen-bond donors (Lipinski definition) is 1. The Hall–Kier alpha value is -2.00. The number of carbonyl (C=O) groups is 1. The van der Waals surface area contributed by atoms with Gasteiger partial charge in [0, 0.05) is 12.0 Å². The van der Waals surface area contributed by atoms with E-state index in [1.54, 1.807) is 12.1 Å². The molecule has 24 heavy (non-hydrogen) atoms. The molecule has 0 saturated heterocycles. The molecule has 0 radical (unpaired) electrons. The zero-order chi connectivity index (χ0) is 17.2. The number of hydrogen-bond acceptors (Lipinski definition) is 2. The van der Waals surface area contributed by atoms with Crippen LogP contribution in [0.1, 0.15) is 55.1 Å². The van der Waals surface area contributed by atoms with Crippen LogP contribution in [0, 0.1) is 0 Å². The second-order valence-corrected chi connectivity index (χ2v) is 6.65. The van der Waals surface area contributed by atoms with Crippen LogP contribution in [-0.4, -0.2) is 11.5 Å². The van der Waals surface area contributed by atoms with Gasteiger partial charge in [-0.15, -0.1) is 0 Å². The summed E-state index contributed by atoms with van der Waals surface area (Å²) in [7, 11) is 0. The maximum absolute atomic E-state index is 12.7. The summed E-state index contributed by atoms with van der Waals surface area (Å²) in [5, 5.41) is 3.62. The lowest BCUT2D eigenvalue weighted by Gasteiger charge is -2.41. The lowest BCUT2D eigenvalue weighted by atomic mass is 9.83. The number of nitrogens with one attached hydrogen (secondary N) is 1. The fourth-order valence-corrected chi connectivity index (χ4v) is 3.53. The number of rotatable bonds is 4. The highest BCUT2D eigenvalue weighted by atomic mass is 35.5. The largest absolute Gasteiger partial charge is 0.487 e. The van der Waals surface area contributed by atoms with Crippen LogP contribution >= 0.6 is 11.6 Å². The number of ether oxygens (including phenoxy) is 1. The van der Waals surface area contributed by atoms with Crippen LogP contribution in [0.5, 0.6) is 5.75 Å². The van der Waals surface area contributed by atoms with E-state index in [9.17, 15) is 4.79 Å². The summed E-state index contributed by atoms with van der Waals surface area (Å²) < 4.78 is 6.28. The minimum Gasteiger partial charge on any atom is -0.487 e. The van der Waals surface area contributed by atoms with Crippen LogP contribution in [-0.2, 0) is 0 Å². The second-order valence-electron chi connectivity index (χ2n) is 6.24. The van der Waals surface area contributed by atoms with E-state index in [4.69, 9.17) is 16.3 Å². The number of halogens is 1. The molecule has 1 aliphatic heterocycles. The maximum atomic E-state index is 12.7. The molecule has 0 aliphatic carbocycles. The minimum atomic E-state index is -0.243. The molecule has 1 unspecified atom stereocenters. The molecule has 0 fully saturated rings. The molecule has 0 saturated carbocycles. The van der Waals surface area contributed by atoms with Gasteiger partial charge in [0.05, 0.1) is 16.6 Å². The third kappa shape index (κ3) is 3.13. The number of para-hydroxylation sites is 1. The normalized spacial score (nSPS) is 18.4. The summed E-state index contributed by atoms with van der Waals surface area (Å²) in [4.78, 5) is 12.7. The third-order valence-electron chi connectivity index (χ3n) is 4.91. The van der Waals surface area contributed by atoms with Crippen molar-refractivity contribution in [3.63, 3.8) is 0 Å². The van der Waals surface area contributed by atoms with Crippen molar-refractivity contribution in [1.29, 1.82) is 0 Å². The van der Waals surface area contributed by atoms with Gasteiger partial charge in [0.2, 0.25) is 0 Å². The van der Waals surface area contributed by atoms with Crippen molar-refractivity contribution < 1.29 is 9.53 Å². The molecule has 2 aromatic carbocycles. The van der Waals surface area contributed by atoms with E-state index in [2.05, 4.69) is 19.2 Å². The minimum absolute atomic E-state index is 0.0846. The van der Waals surface area contributed by atoms with Crippen LogP contribution < -0.4 is 10.1 Å². The Morgan fingerprint density at radius 2 is 1.83 bits per heavy atom. The summed E-state index contributed by atoms with van der Waals surface area (Å²) >= 11 is 6.16. The molecule has 1 amide bonds. The third-order valence-corrected chi connectivity index (χ3v) is 5.24. The quantitative estimate of drug-likeness (QED) is 0.833. The lowest BCUT2D eigenvalue weighted by Crippen LogP contribution is -2.44. The molecule has 1 heterocycles. The zero-order valence-corrected chi connectivity index (χ0v) is 14.8. The van der Waals surface area contributed by atoms with E-state index in [1.165, 1.54) is 0 Å². The van der Waals surface area contributed by atoms with Crippen LogP contribution in [0.3, 0.4) is 0 Å². The molecule has 2 aromatic rings. The summed E-state index contributed by atoms with van der Waals surface area (Å²) in [6.07, 6.45) is 2.56. The molecule has 3 rings (SSSR count). The van der Waals surface area contributed by atoms with Crippen molar-refractivity contribution in [1.82, 2.24) is 5.32 Å². The van der Waals surface area contributed by atoms with E-state index in [0.717, 1.165) is 30.6 Å². The van der Waals surface area contributed by atoms with Gasteiger partial charge in [0.25, 0.3) is 5.91 Å². The molecule has 4 heteroatoms. The fraction of sp³-hybridized carbons (Fsp3) is 0.350. The summed E-state index contributed by atoms with van der Waals surface area (Å²) in [5.74, 6) is 0.709. The molecule has 126 valence electrons. The van der Waals surface area contributed by atoms with E-state index >= 15 is 0 Å². The van der Waals surface area contributed by atoms with Gasteiger partial charge < -0.3 is 10.1 Å². The Morgan fingerprint density at radius 1 is 1.17 bits per heavy atom. The number of fused-ring (bicyclic) bond motifs is 1. The topological polar surface area (TPSA) is 38.3 Å². The highest BCUT2D eigenvalue weighted by molar-refractivity contribution is 6.33.